The lowest BCUT2D eigenvalue weighted by molar-refractivity contribution is -0.138. The standard InChI is InChI=1S/C40H46N10O5/c1-22(2)35(48(5)40(54)55)39(53)50-17-7-9-34(50)37-42-20-31(46-37)26-12-10-25(11-13-26)30-19-41-29-18-27(14-15-28(29)45-30)32-21-43-36(47-32)33-8-6-16-49(33)38(52)23(3)44-24(4)51/h10-15,18-23,33-35H,6-9,16-17H2,1-5H3,(H,42,46)(H,43,47)(H,44,51)(H,54,55)/t23-,33+,34+,35+/m1/s1. The van der Waals surface area contributed by atoms with Gasteiger partial charge in [0.05, 0.1) is 52.6 Å². The Bertz CT molecular complexity index is 2230. The van der Waals surface area contributed by atoms with Crippen LogP contribution < -0.4 is 5.32 Å². The van der Waals surface area contributed by atoms with Crippen molar-refractivity contribution in [3.8, 4) is 33.8 Å². The Labute approximate surface area is 318 Å². The van der Waals surface area contributed by atoms with Crippen LogP contribution in [-0.4, -0.2) is 106 Å². The number of aromatic amines is 2. The van der Waals surface area contributed by atoms with Crippen LogP contribution in [0.1, 0.15) is 77.1 Å². The summed E-state index contributed by atoms with van der Waals surface area (Å²) in [7, 11) is 1.44. The Balaban J connectivity index is 1.03. The number of amides is 4. The van der Waals surface area contributed by atoms with Crippen LogP contribution in [-0.2, 0) is 14.4 Å². The quantitative estimate of drug-likeness (QED) is 0.142. The third kappa shape index (κ3) is 7.51. The van der Waals surface area contributed by atoms with Crippen LogP contribution in [0.3, 0.4) is 0 Å². The van der Waals surface area contributed by atoms with Crippen molar-refractivity contribution in [3.05, 3.63) is 72.7 Å². The van der Waals surface area contributed by atoms with E-state index in [9.17, 15) is 24.3 Å². The molecule has 2 aliphatic heterocycles. The molecule has 4 amide bonds. The van der Waals surface area contributed by atoms with Gasteiger partial charge < -0.3 is 30.2 Å². The van der Waals surface area contributed by atoms with E-state index in [-0.39, 0.29) is 35.7 Å². The van der Waals surface area contributed by atoms with E-state index in [1.807, 2.05) is 62.5 Å². The highest BCUT2D eigenvalue weighted by molar-refractivity contribution is 5.87. The predicted molar refractivity (Wildman–Crippen MR) is 205 cm³/mol. The van der Waals surface area contributed by atoms with Crippen molar-refractivity contribution in [3.63, 3.8) is 0 Å². The van der Waals surface area contributed by atoms with E-state index in [2.05, 4.69) is 20.3 Å². The van der Waals surface area contributed by atoms with Crippen molar-refractivity contribution in [2.75, 3.05) is 20.1 Å². The number of fused-ring (bicyclic) bond motifs is 1. The molecule has 15 heteroatoms. The van der Waals surface area contributed by atoms with Crippen LogP contribution in [0.2, 0.25) is 0 Å². The van der Waals surface area contributed by atoms with Crippen LogP contribution in [0.15, 0.2) is 61.1 Å². The molecule has 7 rings (SSSR count). The first-order chi connectivity index (χ1) is 26.4. The Kier molecular flexibility index (Phi) is 10.4. The van der Waals surface area contributed by atoms with Crippen LogP contribution in [0.25, 0.3) is 44.8 Å². The average molecular weight is 747 g/mol. The highest BCUT2D eigenvalue weighted by Gasteiger charge is 2.40. The molecule has 2 fully saturated rings. The van der Waals surface area contributed by atoms with Crippen LogP contribution in [0.4, 0.5) is 4.79 Å². The van der Waals surface area contributed by atoms with Crippen molar-refractivity contribution >= 4 is 34.8 Å². The minimum atomic E-state index is -1.13. The van der Waals surface area contributed by atoms with Gasteiger partial charge in [0.25, 0.3) is 0 Å². The van der Waals surface area contributed by atoms with Crippen molar-refractivity contribution in [1.82, 2.24) is 49.9 Å². The normalized spacial score (nSPS) is 18.1. The smallest absolute Gasteiger partial charge is 0.407 e. The van der Waals surface area contributed by atoms with E-state index in [1.54, 1.807) is 29.1 Å². The first-order valence-electron chi connectivity index (χ1n) is 18.7. The Morgan fingerprint density at radius 2 is 1.45 bits per heavy atom. The maximum atomic E-state index is 13.6. The number of nitrogens with zero attached hydrogens (tertiary/aromatic N) is 7. The van der Waals surface area contributed by atoms with Gasteiger partial charge in [-0.3, -0.25) is 24.3 Å². The SMILES string of the molecule is CC(=O)N[C@H](C)C(=O)N1CCC[C@H]1c1ncc(-c2ccc3nc(-c4ccc(-c5c[nH]c([C@@H]6CCCN6C(=O)[C@H](C(C)C)N(C)C(=O)O)n5)cc4)cnc3c2)[nH]1. The van der Waals surface area contributed by atoms with Gasteiger partial charge in [0.2, 0.25) is 17.7 Å². The molecule has 0 unspecified atom stereocenters. The number of imidazole rings is 2. The lowest BCUT2D eigenvalue weighted by atomic mass is 10.0. The maximum Gasteiger partial charge on any atom is 0.407 e. The molecule has 0 bridgehead atoms. The zero-order valence-corrected chi connectivity index (χ0v) is 31.6. The summed E-state index contributed by atoms with van der Waals surface area (Å²) in [5, 5.41) is 12.3. The Morgan fingerprint density at radius 1 is 0.818 bits per heavy atom. The fourth-order valence-corrected chi connectivity index (χ4v) is 7.87. The number of nitrogens with one attached hydrogen (secondary N) is 3. The summed E-state index contributed by atoms with van der Waals surface area (Å²) in [4.78, 5) is 80.3. The molecule has 55 heavy (non-hydrogen) atoms. The van der Waals surface area contributed by atoms with Gasteiger partial charge in [-0.15, -0.1) is 0 Å². The molecular formula is C40H46N10O5. The highest BCUT2D eigenvalue weighted by atomic mass is 16.4. The number of carbonyl (C=O) groups excluding carboxylic acids is 3. The number of carbonyl (C=O) groups is 4. The molecular weight excluding hydrogens is 701 g/mol. The van der Waals surface area contributed by atoms with E-state index in [0.717, 1.165) is 75.4 Å². The number of hydrogen-bond donors (Lipinski definition) is 4. The predicted octanol–water partition coefficient (Wildman–Crippen LogP) is 5.56. The topological polar surface area (TPSA) is 193 Å². The van der Waals surface area contributed by atoms with E-state index >= 15 is 0 Å². The Hall–Kier alpha value is -6.12. The third-order valence-electron chi connectivity index (χ3n) is 10.6. The number of H-pyrrole nitrogens is 2. The highest BCUT2D eigenvalue weighted by Crippen LogP contribution is 2.35. The summed E-state index contributed by atoms with van der Waals surface area (Å²) in [5.74, 6) is 0.649. The second kappa shape index (κ2) is 15.3. The lowest BCUT2D eigenvalue weighted by Crippen LogP contribution is -2.51. The largest absolute Gasteiger partial charge is 0.465 e. The molecule has 5 heterocycles. The van der Waals surface area contributed by atoms with Gasteiger partial charge in [-0.05, 0) is 50.7 Å². The van der Waals surface area contributed by atoms with Crippen LogP contribution >= 0.6 is 0 Å². The summed E-state index contributed by atoms with van der Waals surface area (Å²) in [6.07, 6.45) is 7.43. The van der Waals surface area contributed by atoms with E-state index in [1.165, 1.54) is 14.0 Å². The number of likely N-dealkylation sites (tertiary alicyclic amines) is 2. The molecule has 2 aromatic carbocycles. The number of rotatable bonds is 10. The van der Waals surface area contributed by atoms with Gasteiger partial charge >= 0.3 is 6.09 Å². The van der Waals surface area contributed by atoms with E-state index in [0.29, 0.717) is 24.7 Å². The second-order valence-electron chi connectivity index (χ2n) is 14.8. The summed E-state index contributed by atoms with van der Waals surface area (Å²) in [6.45, 7) is 7.98. The van der Waals surface area contributed by atoms with Crippen LogP contribution in [0.5, 0.6) is 0 Å². The molecule has 4 N–H and O–H groups in total. The van der Waals surface area contributed by atoms with Crippen LogP contribution in [0, 0.1) is 5.92 Å². The van der Waals surface area contributed by atoms with Crippen molar-refractivity contribution in [1.29, 1.82) is 0 Å². The fraction of sp³-hybridized carbons (Fsp3) is 0.400. The van der Waals surface area contributed by atoms with Gasteiger partial charge in [0, 0.05) is 49.9 Å². The molecule has 286 valence electrons. The van der Waals surface area contributed by atoms with Gasteiger partial charge in [0.15, 0.2) is 0 Å². The molecule has 0 aliphatic carbocycles. The Morgan fingerprint density at radius 3 is 2.11 bits per heavy atom. The molecule has 0 spiro atoms. The van der Waals surface area contributed by atoms with Gasteiger partial charge in [-0.25, -0.2) is 19.7 Å². The molecule has 0 radical (unpaired) electrons. The zero-order valence-electron chi connectivity index (χ0n) is 31.6. The fourth-order valence-electron chi connectivity index (χ4n) is 7.87. The van der Waals surface area contributed by atoms with Crippen molar-refractivity contribution in [2.24, 2.45) is 5.92 Å². The molecule has 0 saturated carbocycles. The minimum Gasteiger partial charge on any atom is -0.465 e. The van der Waals surface area contributed by atoms with E-state index in [4.69, 9.17) is 15.0 Å². The number of likely N-dealkylation sites (N-methyl/N-ethyl adjacent to an activating group) is 1. The summed E-state index contributed by atoms with van der Waals surface area (Å²) in [6, 6.07) is 12.0. The van der Waals surface area contributed by atoms with Gasteiger partial charge in [0.1, 0.15) is 23.7 Å². The lowest BCUT2D eigenvalue weighted by Gasteiger charge is -2.33. The molecule has 4 atom stereocenters. The number of carboxylic acid groups (broad SMARTS) is 1. The summed E-state index contributed by atoms with van der Waals surface area (Å²) < 4.78 is 0. The van der Waals surface area contributed by atoms with E-state index < -0.39 is 18.2 Å². The minimum absolute atomic E-state index is 0.122. The molecule has 5 aromatic rings. The van der Waals surface area contributed by atoms with Gasteiger partial charge in [-0.2, -0.15) is 0 Å². The first kappa shape index (κ1) is 37.2. The number of benzene rings is 2. The van der Waals surface area contributed by atoms with Crippen molar-refractivity contribution < 1.29 is 24.3 Å². The van der Waals surface area contributed by atoms with Gasteiger partial charge in [-0.1, -0.05) is 44.2 Å². The molecule has 3 aromatic heterocycles. The summed E-state index contributed by atoms with van der Waals surface area (Å²) in [5.41, 5.74) is 6.45. The molecule has 2 aliphatic rings. The number of hydrogen-bond acceptors (Lipinski definition) is 8. The average Bonchev–Trinajstić information content (AvgIpc) is 4.00. The number of aromatic nitrogens is 6. The second-order valence-corrected chi connectivity index (χ2v) is 14.8. The molecule has 2 saturated heterocycles. The summed E-state index contributed by atoms with van der Waals surface area (Å²) >= 11 is 0. The third-order valence-corrected chi connectivity index (χ3v) is 10.6. The maximum absolute atomic E-state index is 13.6. The molecule has 15 nitrogen and oxygen atoms in total. The van der Waals surface area contributed by atoms with Crippen molar-refractivity contribution in [2.45, 2.75) is 77.5 Å². The first-order valence-corrected chi connectivity index (χ1v) is 18.7. The zero-order chi connectivity index (χ0) is 39.0. The monoisotopic (exact) mass is 746 g/mol.